The van der Waals surface area contributed by atoms with E-state index in [-0.39, 0.29) is 5.69 Å². The van der Waals surface area contributed by atoms with E-state index in [2.05, 4.69) is 36.4 Å². The number of nitrogens with one attached hydrogen (secondary N) is 1. The number of benzene rings is 3. The Bertz CT molecular complexity index is 1230. The molecule has 0 radical (unpaired) electrons. The molecular weight excluding hydrogens is 444 g/mol. The largest absolute Gasteiger partial charge is 0.488 e. The minimum absolute atomic E-state index is 0.199. The van der Waals surface area contributed by atoms with Crippen LogP contribution in [0.4, 0.5) is 0 Å². The lowest BCUT2D eigenvalue weighted by Gasteiger charge is -2.09. The smallest absolute Gasteiger partial charge is 0.291 e. The molecule has 0 aliphatic heterocycles. The minimum atomic E-state index is -0.433. The number of ether oxygens (including phenoxy) is 1. The van der Waals surface area contributed by atoms with E-state index in [9.17, 15) is 4.79 Å². The van der Waals surface area contributed by atoms with Crippen molar-refractivity contribution in [1.82, 2.24) is 15.4 Å². The predicted molar refractivity (Wildman–Crippen MR) is 120 cm³/mol. The number of fused-ring (bicyclic) bond motifs is 1. The van der Waals surface area contributed by atoms with E-state index in [1.54, 1.807) is 12.3 Å². The molecule has 1 heterocycles. The summed E-state index contributed by atoms with van der Waals surface area (Å²) in [6, 6.07) is 22.8. The first kappa shape index (κ1) is 19.7. The SMILES string of the molecule is O=C(NN=Cc1ccccc1OCc1cccc(Br)c1)c1cnc2ccccc2n1. The van der Waals surface area contributed by atoms with Gasteiger partial charge in [-0.05, 0) is 42.0 Å². The van der Waals surface area contributed by atoms with E-state index < -0.39 is 5.91 Å². The Morgan fingerprint density at radius 3 is 2.70 bits per heavy atom. The molecule has 0 unspecified atom stereocenters. The maximum atomic E-state index is 12.3. The van der Waals surface area contributed by atoms with Gasteiger partial charge >= 0.3 is 0 Å². The average Bonchev–Trinajstić information content (AvgIpc) is 2.78. The highest BCUT2D eigenvalue weighted by Crippen LogP contribution is 2.19. The molecule has 3 aromatic carbocycles. The van der Waals surface area contributed by atoms with Crippen molar-refractivity contribution >= 4 is 39.1 Å². The molecule has 7 heteroatoms. The molecule has 0 spiro atoms. The number of hydrogen-bond acceptors (Lipinski definition) is 5. The number of carbonyl (C=O) groups excluding carboxylic acids is 1. The molecule has 148 valence electrons. The number of hydrogen-bond donors (Lipinski definition) is 1. The second-order valence-electron chi connectivity index (χ2n) is 6.40. The maximum absolute atomic E-state index is 12.3. The third kappa shape index (κ3) is 4.87. The second-order valence-corrected chi connectivity index (χ2v) is 7.32. The van der Waals surface area contributed by atoms with Gasteiger partial charge in [0.2, 0.25) is 0 Å². The Balaban J connectivity index is 1.42. The van der Waals surface area contributed by atoms with Crippen molar-refractivity contribution in [3.05, 3.63) is 100 Å². The second kappa shape index (κ2) is 9.28. The van der Waals surface area contributed by atoms with Crippen LogP contribution < -0.4 is 10.2 Å². The molecule has 1 N–H and O–H groups in total. The van der Waals surface area contributed by atoms with Crippen LogP contribution in [0.15, 0.2) is 88.6 Å². The Morgan fingerprint density at radius 1 is 1.03 bits per heavy atom. The monoisotopic (exact) mass is 460 g/mol. The standard InChI is InChI=1S/C23H17BrN4O2/c24-18-8-5-6-16(12-18)15-30-22-11-4-1-7-17(22)13-26-28-23(29)21-14-25-19-9-2-3-10-20(19)27-21/h1-14H,15H2,(H,28,29). The summed E-state index contributed by atoms with van der Waals surface area (Å²) in [5.41, 5.74) is 5.86. The van der Waals surface area contributed by atoms with Gasteiger partial charge in [-0.15, -0.1) is 0 Å². The fourth-order valence-electron chi connectivity index (χ4n) is 2.79. The van der Waals surface area contributed by atoms with Crippen molar-refractivity contribution in [2.75, 3.05) is 0 Å². The molecule has 4 aromatic rings. The zero-order valence-corrected chi connectivity index (χ0v) is 17.4. The number of carbonyl (C=O) groups is 1. The van der Waals surface area contributed by atoms with E-state index in [0.717, 1.165) is 21.1 Å². The van der Waals surface area contributed by atoms with Crippen LogP contribution in [0.2, 0.25) is 0 Å². The van der Waals surface area contributed by atoms with Gasteiger partial charge in [-0.2, -0.15) is 5.10 Å². The van der Waals surface area contributed by atoms with Crippen LogP contribution in [-0.4, -0.2) is 22.1 Å². The van der Waals surface area contributed by atoms with Gasteiger partial charge in [0.25, 0.3) is 5.91 Å². The van der Waals surface area contributed by atoms with Crippen LogP contribution >= 0.6 is 15.9 Å². The van der Waals surface area contributed by atoms with E-state index in [1.165, 1.54) is 6.20 Å². The summed E-state index contributed by atoms with van der Waals surface area (Å²) >= 11 is 3.46. The molecule has 1 aromatic heterocycles. The highest BCUT2D eigenvalue weighted by atomic mass is 79.9. The number of rotatable bonds is 6. The van der Waals surface area contributed by atoms with Crippen molar-refractivity contribution in [2.45, 2.75) is 6.61 Å². The summed E-state index contributed by atoms with van der Waals surface area (Å²) in [6.45, 7) is 0.420. The predicted octanol–water partition coefficient (Wildman–Crippen LogP) is 4.74. The van der Waals surface area contributed by atoms with Gasteiger partial charge in [0, 0.05) is 10.0 Å². The number of para-hydroxylation sites is 3. The number of amides is 1. The van der Waals surface area contributed by atoms with Gasteiger partial charge in [0.15, 0.2) is 0 Å². The van der Waals surface area contributed by atoms with Crippen LogP contribution in [0.3, 0.4) is 0 Å². The highest BCUT2D eigenvalue weighted by Gasteiger charge is 2.08. The summed E-state index contributed by atoms with van der Waals surface area (Å²) in [4.78, 5) is 20.9. The van der Waals surface area contributed by atoms with Crippen molar-refractivity contribution in [3.63, 3.8) is 0 Å². The molecule has 0 saturated heterocycles. The average molecular weight is 461 g/mol. The summed E-state index contributed by atoms with van der Waals surface area (Å²) in [7, 11) is 0. The van der Waals surface area contributed by atoms with Gasteiger partial charge in [0.1, 0.15) is 18.1 Å². The third-order valence-corrected chi connectivity index (χ3v) is 4.75. The lowest BCUT2D eigenvalue weighted by atomic mass is 10.2. The van der Waals surface area contributed by atoms with E-state index in [4.69, 9.17) is 4.74 Å². The topological polar surface area (TPSA) is 76.5 Å². The molecule has 6 nitrogen and oxygen atoms in total. The van der Waals surface area contributed by atoms with Gasteiger partial charge in [-0.25, -0.2) is 10.4 Å². The minimum Gasteiger partial charge on any atom is -0.488 e. The lowest BCUT2D eigenvalue weighted by Crippen LogP contribution is -2.19. The summed E-state index contributed by atoms with van der Waals surface area (Å²) in [6.07, 6.45) is 2.98. The molecule has 4 rings (SSSR count). The van der Waals surface area contributed by atoms with Crippen LogP contribution in [-0.2, 0) is 6.61 Å². The molecule has 0 aliphatic rings. The lowest BCUT2D eigenvalue weighted by molar-refractivity contribution is 0.0950. The van der Waals surface area contributed by atoms with Crippen molar-refractivity contribution in [1.29, 1.82) is 0 Å². The van der Waals surface area contributed by atoms with Gasteiger partial charge in [0.05, 0.1) is 23.4 Å². The van der Waals surface area contributed by atoms with Crippen LogP contribution in [0.5, 0.6) is 5.75 Å². The van der Waals surface area contributed by atoms with Crippen molar-refractivity contribution < 1.29 is 9.53 Å². The van der Waals surface area contributed by atoms with E-state index in [1.807, 2.05) is 66.7 Å². The molecule has 0 aliphatic carbocycles. The summed E-state index contributed by atoms with van der Waals surface area (Å²) < 4.78 is 6.92. The van der Waals surface area contributed by atoms with E-state index in [0.29, 0.717) is 17.9 Å². The fraction of sp³-hybridized carbons (Fsp3) is 0.0435. The molecule has 0 bridgehead atoms. The molecular formula is C23H17BrN4O2. The van der Waals surface area contributed by atoms with E-state index >= 15 is 0 Å². The summed E-state index contributed by atoms with van der Waals surface area (Å²) in [5, 5.41) is 4.05. The maximum Gasteiger partial charge on any atom is 0.291 e. The molecule has 0 atom stereocenters. The Hall–Kier alpha value is -3.58. The third-order valence-electron chi connectivity index (χ3n) is 4.25. The number of hydrazone groups is 1. The molecule has 0 saturated carbocycles. The molecule has 0 fully saturated rings. The fourth-order valence-corrected chi connectivity index (χ4v) is 3.24. The Kier molecular flexibility index (Phi) is 6.10. The van der Waals surface area contributed by atoms with Crippen molar-refractivity contribution in [2.24, 2.45) is 5.10 Å². The van der Waals surface area contributed by atoms with Crippen molar-refractivity contribution in [3.8, 4) is 5.75 Å². The number of halogens is 1. The molecule has 30 heavy (non-hydrogen) atoms. The highest BCUT2D eigenvalue weighted by molar-refractivity contribution is 9.10. The van der Waals surface area contributed by atoms with Crippen LogP contribution in [0.25, 0.3) is 11.0 Å². The first-order chi connectivity index (χ1) is 14.7. The Labute approximate surface area is 181 Å². The van der Waals surface area contributed by atoms with Gasteiger partial charge < -0.3 is 4.74 Å². The number of nitrogens with zero attached hydrogens (tertiary/aromatic N) is 3. The van der Waals surface area contributed by atoms with Crippen LogP contribution in [0, 0.1) is 0 Å². The zero-order chi connectivity index (χ0) is 20.8. The van der Waals surface area contributed by atoms with Gasteiger partial charge in [-0.3, -0.25) is 9.78 Å². The zero-order valence-electron chi connectivity index (χ0n) is 15.8. The molecule has 1 amide bonds. The van der Waals surface area contributed by atoms with Crippen LogP contribution in [0.1, 0.15) is 21.6 Å². The Morgan fingerprint density at radius 2 is 1.83 bits per heavy atom. The quantitative estimate of drug-likeness (QED) is 0.333. The summed E-state index contributed by atoms with van der Waals surface area (Å²) in [5.74, 6) is 0.234. The number of aromatic nitrogens is 2. The first-order valence-corrected chi connectivity index (χ1v) is 10.00. The first-order valence-electron chi connectivity index (χ1n) is 9.20. The van der Waals surface area contributed by atoms with Gasteiger partial charge in [-0.1, -0.05) is 52.3 Å². The normalized spacial score (nSPS) is 11.0.